The van der Waals surface area contributed by atoms with Crippen LogP contribution in [0.25, 0.3) is 10.8 Å². The molecule has 0 bridgehead atoms. The van der Waals surface area contributed by atoms with Gasteiger partial charge >= 0.3 is 5.97 Å². The Balaban J connectivity index is 1.72. The van der Waals surface area contributed by atoms with E-state index in [1.54, 1.807) is 19.1 Å². The summed E-state index contributed by atoms with van der Waals surface area (Å²) in [6, 6.07) is 8.88. The van der Waals surface area contributed by atoms with E-state index in [1.807, 2.05) is 38.1 Å². The second kappa shape index (κ2) is 10.5. The van der Waals surface area contributed by atoms with Gasteiger partial charge in [-0.15, -0.1) is 0 Å². The molecule has 9 heteroatoms. The molecule has 3 N–H and O–H groups in total. The van der Waals surface area contributed by atoms with Crippen LogP contribution in [-0.2, 0) is 14.4 Å². The number of rotatable bonds is 11. The largest absolute Gasteiger partial charge is 0.480 e. The number of carbonyl (C=O) groups excluding carboxylic acids is 3. The molecule has 2 atom stereocenters. The van der Waals surface area contributed by atoms with Gasteiger partial charge in [-0.25, -0.2) is 5.48 Å². The zero-order valence-corrected chi connectivity index (χ0v) is 19.0. The standard InChI is InChI=1S/C24H29N3O6/c1-4-33-26-21(28)20(11-14(2)3)25-19(24(31)32)9-10-27-22(29)17-12-15-7-5-6-8-16(15)13-18(17)23(27)30/h5-8,12-14,19-20,25H,4,9-11H2,1-3H3,(H,26,28)(H,31,32)/t19-,20+/m1/s1. The van der Waals surface area contributed by atoms with Gasteiger partial charge in [-0.1, -0.05) is 38.1 Å². The predicted octanol–water partition coefficient (Wildman–Crippen LogP) is 2.35. The van der Waals surface area contributed by atoms with Crippen molar-refractivity contribution >= 4 is 34.5 Å². The monoisotopic (exact) mass is 455 g/mol. The van der Waals surface area contributed by atoms with Crippen LogP contribution in [-0.4, -0.2) is 58.9 Å². The Morgan fingerprint density at radius 1 is 1.03 bits per heavy atom. The van der Waals surface area contributed by atoms with Crippen LogP contribution in [0.1, 0.15) is 54.3 Å². The topological polar surface area (TPSA) is 125 Å². The number of hydroxylamine groups is 1. The molecule has 1 heterocycles. The molecule has 0 aromatic heterocycles. The second-order valence-corrected chi connectivity index (χ2v) is 8.43. The first-order valence-electron chi connectivity index (χ1n) is 11.0. The molecule has 0 fully saturated rings. The zero-order valence-electron chi connectivity index (χ0n) is 19.0. The van der Waals surface area contributed by atoms with Crippen LogP contribution in [0.4, 0.5) is 0 Å². The number of hydrogen-bond donors (Lipinski definition) is 3. The molecule has 0 aliphatic carbocycles. The van der Waals surface area contributed by atoms with Crippen LogP contribution in [0.3, 0.4) is 0 Å². The van der Waals surface area contributed by atoms with Crippen LogP contribution in [0.5, 0.6) is 0 Å². The summed E-state index contributed by atoms with van der Waals surface area (Å²) < 4.78 is 0. The van der Waals surface area contributed by atoms with Gasteiger partial charge < -0.3 is 5.11 Å². The summed E-state index contributed by atoms with van der Waals surface area (Å²) in [4.78, 5) is 56.1. The summed E-state index contributed by atoms with van der Waals surface area (Å²) in [7, 11) is 0. The van der Waals surface area contributed by atoms with Crippen LogP contribution in [0.15, 0.2) is 36.4 Å². The maximum Gasteiger partial charge on any atom is 0.320 e. The van der Waals surface area contributed by atoms with E-state index in [9.17, 15) is 24.3 Å². The van der Waals surface area contributed by atoms with Crippen molar-refractivity contribution in [3.8, 4) is 0 Å². The number of fused-ring (bicyclic) bond motifs is 2. The van der Waals surface area contributed by atoms with Crippen molar-refractivity contribution in [1.82, 2.24) is 15.7 Å². The van der Waals surface area contributed by atoms with Gasteiger partial charge in [-0.05, 0) is 48.6 Å². The molecule has 1 aliphatic heterocycles. The average molecular weight is 456 g/mol. The van der Waals surface area contributed by atoms with Crippen molar-refractivity contribution in [2.75, 3.05) is 13.2 Å². The number of imide groups is 1. The number of carbonyl (C=O) groups is 4. The van der Waals surface area contributed by atoms with Crippen molar-refractivity contribution in [3.63, 3.8) is 0 Å². The molecule has 2 aromatic rings. The number of carboxylic acid groups (broad SMARTS) is 1. The molecule has 0 radical (unpaired) electrons. The zero-order chi connectivity index (χ0) is 24.1. The molecule has 33 heavy (non-hydrogen) atoms. The smallest absolute Gasteiger partial charge is 0.320 e. The molecule has 2 aromatic carbocycles. The highest BCUT2D eigenvalue weighted by molar-refractivity contribution is 6.23. The Hall–Kier alpha value is -3.30. The number of hydrogen-bond acceptors (Lipinski definition) is 6. The minimum Gasteiger partial charge on any atom is -0.480 e. The first-order chi connectivity index (χ1) is 15.7. The lowest BCUT2D eigenvalue weighted by Crippen LogP contribution is -2.52. The van der Waals surface area contributed by atoms with Crippen LogP contribution in [0.2, 0.25) is 0 Å². The van der Waals surface area contributed by atoms with Gasteiger partial charge in [0.05, 0.1) is 23.8 Å². The van der Waals surface area contributed by atoms with Crippen molar-refractivity contribution in [3.05, 3.63) is 47.5 Å². The summed E-state index contributed by atoms with van der Waals surface area (Å²) in [5, 5.41) is 14.3. The Kier molecular flexibility index (Phi) is 7.78. The molecule has 9 nitrogen and oxygen atoms in total. The van der Waals surface area contributed by atoms with Crippen molar-refractivity contribution < 1.29 is 29.1 Å². The Morgan fingerprint density at radius 3 is 2.09 bits per heavy atom. The van der Waals surface area contributed by atoms with Gasteiger partial charge in [0.1, 0.15) is 6.04 Å². The van der Waals surface area contributed by atoms with Crippen LogP contribution < -0.4 is 10.8 Å². The van der Waals surface area contributed by atoms with Crippen LogP contribution >= 0.6 is 0 Å². The third-order valence-electron chi connectivity index (χ3n) is 5.52. The second-order valence-electron chi connectivity index (χ2n) is 8.43. The molecule has 1 aliphatic rings. The van der Waals surface area contributed by atoms with E-state index >= 15 is 0 Å². The van der Waals surface area contributed by atoms with E-state index in [0.29, 0.717) is 17.5 Å². The quantitative estimate of drug-likeness (QED) is 0.351. The third-order valence-corrected chi connectivity index (χ3v) is 5.52. The maximum atomic E-state index is 12.9. The number of nitrogens with one attached hydrogen (secondary N) is 2. The molecule has 3 rings (SSSR count). The molecule has 0 saturated carbocycles. The SMILES string of the molecule is CCONC(=O)[C@H](CC(C)C)N[C@H](CCN1C(=O)c2cc3ccccc3cc2C1=O)C(=O)O. The number of amides is 3. The lowest BCUT2D eigenvalue weighted by molar-refractivity contribution is -0.141. The van der Waals surface area contributed by atoms with Crippen molar-refractivity contribution in [2.24, 2.45) is 5.92 Å². The Bertz CT molecular complexity index is 1010. The number of benzene rings is 2. The van der Waals surface area contributed by atoms with Crippen molar-refractivity contribution in [2.45, 2.75) is 45.7 Å². The lowest BCUT2D eigenvalue weighted by atomic mass is 10.0. The fourth-order valence-corrected chi connectivity index (χ4v) is 3.90. The normalized spacial score (nSPS) is 15.1. The highest BCUT2D eigenvalue weighted by Gasteiger charge is 2.37. The average Bonchev–Trinajstić information content (AvgIpc) is 3.01. The van der Waals surface area contributed by atoms with Gasteiger partial charge in [0.2, 0.25) is 0 Å². The summed E-state index contributed by atoms with van der Waals surface area (Å²) in [6.45, 7) is 5.74. The number of aliphatic carboxylic acids is 1. The van der Waals surface area contributed by atoms with E-state index in [1.165, 1.54) is 0 Å². The van der Waals surface area contributed by atoms with Gasteiger partial charge in [0.15, 0.2) is 0 Å². The summed E-state index contributed by atoms with van der Waals surface area (Å²) in [5.74, 6) is -2.41. The fraction of sp³-hybridized carbons (Fsp3) is 0.417. The van der Waals surface area contributed by atoms with Crippen molar-refractivity contribution in [1.29, 1.82) is 0 Å². The first-order valence-corrected chi connectivity index (χ1v) is 11.0. The molecule has 176 valence electrons. The predicted molar refractivity (Wildman–Crippen MR) is 122 cm³/mol. The third kappa shape index (κ3) is 5.55. The van der Waals surface area contributed by atoms with E-state index in [-0.39, 0.29) is 25.5 Å². The van der Waals surface area contributed by atoms with E-state index in [4.69, 9.17) is 4.84 Å². The minimum absolute atomic E-state index is 0.0448. The van der Waals surface area contributed by atoms with Gasteiger partial charge in [0, 0.05) is 6.54 Å². The van der Waals surface area contributed by atoms with Gasteiger partial charge in [-0.2, -0.15) is 0 Å². The van der Waals surface area contributed by atoms with Gasteiger partial charge in [-0.3, -0.25) is 34.2 Å². The van der Waals surface area contributed by atoms with E-state index in [2.05, 4.69) is 10.8 Å². The first kappa shape index (κ1) is 24.3. The van der Waals surface area contributed by atoms with E-state index < -0.39 is 35.8 Å². The van der Waals surface area contributed by atoms with Gasteiger partial charge in [0.25, 0.3) is 17.7 Å². The Labute approximate surface area is 192 Å². The van der Waals surface area contributed by atoms with Crippen LogP contribution in [0, 0.1) is 5.92 Å². The minimum atomic E-state index is -1.17. The number of nitrogens with zero attached hydrogens (tertiary/aromatic N) is 1. The molecular formula is C24H29N3O6. The number of carboxylic acids is 1. The summed E-state index contributed by atoms with van der Waals surface area (Å²) in [5.41, 5.74) is 2.93. The Morgan fingerprint density at radius 2 is 1.61 bits per heavy atom. The molecular weight excluding hydrogens is 426 g/mol. The molecule has 0 saturated heterocycles. The fourth-order valence-electron chi connectivity index (χ4n) is 3.90. The summed E-state index contributed by atoms with van der Waals surface area (Å²) in [6.07, 6.45) is 0.346. The maximum absolute atomic E-state index is 12.9. The lowest BCUT2D eigenvalue weighted by Gasteiger charge is -2.25. The molecule has 3 amide bonds. The van der Waals surface area contributed by atoms with E-state index in [0.717, 1.165) is 15.7 Å². The molecule has 0 unspecified atom stereocenters. The summed E-state index contributed by atoms with van der Waals surface area (Å²) >= 11 is 0. The molecule has 0 spiro atoms. The highest BCUT2D eigenvalue weighted by Crippen LogP contribution is 2.28. The highest BCUT2D eigenvalue weighted by atomic mass is 16.6.